The van der Waals surface area contributed by atoms with Crippen LogP contribution in [0.3, 0.4) is 0 Å². The van der Waals surface area contributed by atoms with E-state index in [1.807, 2.05) is 0 Å². The van der Waals surface area contributed by atoms with Crippen LogP contribution in [-0.2, 0) is 53.8 Å². The molecule has 0 saturated carbocycles. The minimum absolute atomic E-state index is 0.153. The minimum Gasteiger partial charge on any atom is -0.507 e. The predicted molar refractivity (Wildman–Crippen MR) is 214 cm³/mol. The third-order valence-electron chi connectivity index (χ3n) is 10.6. The smallest absolute Gasteiger partial charge is 0.306 e. The van der Waals surface area contributed by atoms with Gasteiger partial charge in [0.1, 0.15) is 17.6 Å². The molecule has 1 fully saturated rings. The van der Waals surface area contributed by atoms with Gasteiger partial charge in [-0.25, -0.2) is 9.78 Å². The van der Waals surface area contributed by atoms with Crippen LogP contribution in [0.15, 0.2) is 24.3 Å². The van der Waals surface area contributed by atoms with E-state index in [9.17, 15) is 15.0 Å². The maximum atomic E-state index is 13.2. The molecule has 7 nitrogen and oxygen atoms in total. The molecule has 0 aromatic heterocycles. The third kappa shape index (κ3) is 11.4. The topological polar surface area (TPSA) is 88.5 Å². The number of piperidine rings is 1. The SMILES string of the molecule is CC(C)(C)c1cc(CCCOOCCN2C(C)(C)CC(OC(=O)CCc3cc(C(C)(C)C)c(O)c(C(C)(C)C)c3)CC2(C)C)cc(C(C)(C)C)c1O. The lowest BCUT2D eigenvalue weighted by molar-refractivity contribution is -0.299. The Balaban J connectivity index is 1.51. The first-order valence-electron chi connectivity index (χ1n) is 19.5. The number of aromatic hydroxyl groups is 2. The van der Waals surface area contributed by atoms with Gasteiger partial charge in [0, 0.05) is 36.9 Å². The summed E-state index contributed by atoms with van der Waals surface area (Å²) in [6.45, 7) is 35.9. The van der Waals surface area contributed by atoms with Crippen LogP contribution < -0.4 is 0 Å². The zero-order valence-corrected chi connectivity index (χ0v) is 35.7. The Morgan fingerprint density at radius 1 is 0.654 bits per heavy atom. The molecule has 7 heteroatoms. The fourth-order valence-corrected chi connectivity index (χ4v) is 7.95. The predicted octanol–water partition coefficient (Wildman–Crippen LogP) is 10.4. The van der Waals surface area contributed by atoms with E-state index in [0.29, 0.717) is 44.1 Å². The summed E-state index contributed by atoms with van der Waals surface area (Å²) in [6, 6.07) is 8.37. The number of hydrogen-bond acceptors (Lipinski definition) is 7. The number of ether oxygens (including phenoxy) is 1. The lowest BCUT2D eigenvalue weighted by Gasteiger charge is -2.54. The second-order valence-electron chi connectivity index (χ2n) is 20.6. The second kappa shape index (κ2) is 16.0. The van der Waals surface area contributed by atoms with Crippen molar-refractivity contribution in [2.75, 3.05) is 19.8 Å². The molecule has 2 aromatic rings. The number of nitrogens with zero attached hydrogens (tertiary/aromatic N) is 1. The molecule has 0 amide bonds. The van der Waals surface area contributed by atoms with Crippen LogP contribution in [0.25, 0.3) is 0 Å². The van der Waals surface area contributed by atoms with Gasteiger partial charge in [-0.2, -0.15) is 0 Å². The van der Waals surface area contributed by atoms with E-state index in [2.05, 4.69) is 140 Å². The lowest BCUT2D eigenvalue weighted by Crippen LogP contribution is -2.63. The van der Waals surface area contributed by atoms with Crippen LogP contribution in [0.1, 0.15) is 170 Å². The van der Waals surface area contributed by atoms with Gasteiger partial charge in [0.2, 0.25) is 0 Å². The van der Waals surface area contributed by atoms with Gasteiger partial charge in [0.05, 0.1) is 13.2 Å². The maximum absolute atomic E-state index is 13.2. The minimum atomic E-state index is -0.217. The van der Waals surface area contributed by atoms with Crippen molar-refractivity contribution in [1.82, 2.24) is 4.90 Å². The molecular weight excluding hydrogens is 650 g/mol. The Morgan fingerprint density at radius 2 is 1.02 bits per heavy atom. The van der Waals surface area contributed by atoms with E-state index in [1.165, 1.54) is 5.56 Å². The van der Waals surface area contributed by atoms with Crippen molar-refractivity contribution in [3.8, 4) is 11.5 Å². The van der Waals surface area contributed by atoms with E-state index in [4.69, 9.17) is 14.5 Å². The summed E-state index contributed by atoms with van der Waals surface area (Å²) >= 11 is 0. The Morgan fingerprint density at radius 3 is 1.40 bits per heavy atom. The molecule has 3 rings (SSSR count). The van der Waals surface area contributed by atoms with Gasteiger partial charge < -0.3 is 14.9 Å². The molecule has 1 saturated heterocycles. The largest absolute Gasteiger partial charge is 0.507 e. The van der Waals surface area contributed by atoms with Gasteiger partial charge >= 0.3 is 5.97 Å². The summed E-state index contributed by atoms with van der Waals surface area (Å²) in [7, 11) is 0. The zero-order valence-electron chi connectivity index (χ0n) is 35.7. The average molecular weight is 724 g/mol. The number of rotatable bonds is 12. The first-order chi connectivity index (χ1) is 23.5. The highest BCUT2D eigenvalue weighted by molar-refractivity contribution is 5.70. The molecule has 0 atom stereocenters. The van der Waals surface area contributed by atoms with Gasteiger partial charge in [-0.1, -0.05) is 107 Å². The number of phenolic OH excluding ortho intramolecular Hbond substituents is 2. The lowest BCUT2D eigenvalue weighted by atomic mass is 9.78. The summed E-state index contributed by atoms with van der Waals surface area (Å²) in [4.78, 5) is 27.0. The fraction of sp³-hybridized carbons (Fsp3) is 0.711. The zero-order chi connectivity index (χ0) is 39.7. The standard InChI is InChI=1S/C45H73NO6/c1-40(2,3)33-24-30(25-34(38(33)48)41(4,5)6)18-17-22-50-51-23-21-46-44(13,14)28-32(29-45(46,15)16)52-37(47)20-19-31-26-35(42(7,8)9)39(49)36(27-31)43(10,11)12/h24-27,32,48-49H,17-23,28-29H2,1-16H3. The van der Waals surface area contributed by atoms with E-state index in [1.54, 1.807) is 0 Å². The highest BCUT2D eigenvalue weighted by Gasteiger charge is 2.46. The Labute approximate surface area is 316 Å². The molecule has 1 aliphatic rings. The molecular formula is C45H73NO6. The summed E-state index contributed by atoms with van der Waals surface area (Å²) in [5.74, 6) is 0.585. The molecule has 1 aliphatic heterocycles. The molecule has 1 heterocycles. The second-order valence-corrected chi connectivity index (χ2v) is 20.6. The fourth-order valence-electron chi connectivity index (χ4n) is 7.95. The van der Waals surface area contributed by atoms with E-state index >= 15 is 0 Å². The van der Waals surface area contributed by atoms with Gasteiger partial charge in [0.15, 0.2) is 0 Å². The first kappa shape index (κ1) is 43.8. The van der Waals surface area contributed by atoms with Crippen LogP contribution in [0.5, 0.6) is 11.5 Å². The Bertz CT molecular complexity index is 1440. The van der Waals surface area contributed by atoms with Crippen LogP contribution in [-0.4, -0.2) is 58.0 Å². The highest BCUT2D eigenvalue weighted by Crippen LogP contribution is 2.42. The van der Waals surface area contributed by atoms with Crippen molar-refractivity contribution in [1.29, 1.82) is 0 Å². The molecule has 0 aliphatic carbocycles. The maximum Gasteiger partial charge on any atom is 0.306 e. The number of carbonyl (C=O) groups excluding carboxylic acids is 1. The molecule has 2 N–H and O–H groups in total. The van der Waals surface area contributed by atoms with Gasteiger partial charge in [-0.15, -0.1) is 0 Å². The average Bonchev–Trinajstić information content (AvgIpc) is 2.94. The summed E-state index contributed by atoms with van der Waals surface area (Å²) in [6.07, 6.45) is 3.83. The van der Waals surface area contributed by atoms with Gasteiger partial charge in [0.25, 0.3) is 0 Å². The molecule has 2 aromatic carbocycles. The van der Waals surface area contributed by atoms with Crippen LogP contribution in [0.4, 0.5) is 0 Å². The quantitative estimate of drug-likeness (QED) is 0.0975. The number of benzene rings is 2. The molecule has 0 radical (unpaired) electrons. The number of likely N-dealkylation sites (tertiary alicyclic amines) is 1. The monoisotopic (exact) mass is 724 g/mol. The van der Waals surface area contributed by atoms with Crippen molar-refractivity contribution in [2.45, 2.75) is 188 Å². The van der Waals surface area contributed by atoms with Crippen molar-refractivity contribution in [2.24, 2.45) is 0 Å². The highest BCUT2D eigenvalue weighted by atomic mass is 17.2. The number of phenols is 2. The van der Waals surface area contributed by atoms with E-state index in [-0.39, 0.29) is 44.8 Å². The van der Waals surface area contributed by atoms with Crippen molar-refractivity contribution in [3.63, 3.8) is 0 Å². The van der Waals surface area contributed by atoms with Gasteiger partial charge in [-0.3, -0.25) is 9.69 Å². The summed E-state index contributed by atoms with van der Waals surface area (Å²) < 4.78 is 6.13. The van der Waals surface area contributed by atoms with E-state index in [0.717, 1.165) is 53.5 Å². The molecule has 294 valence electrons. The molecule has 0 bridgehead atoms. The third-order valence-corrected chi connectivity index (χ3v) is 10.6. The summed E-state index contributed by atoms with van der Waals surface area (Å²) in [5.41, 5.74) is 4.88. The molecule has 0 unspecified atom stereocenters. The normalized spacial score (nSPS) is 17.4. The Hall–Kier alpha value is -2.61. The molecule has 0 spiro atoms. The van der Waals surface area contributed by atoms with Crippen molar-refractivity contribution >= 4 is 5.97 Å². The van der Waals surface area contributed by atoms with Crippen LogP contribution in [0, 0.1) is 0 Å². The van der Waals surface area contributed by atoms with E-state index < -0.39 is 0 Å². The van der Waals surface area contributed by atoms with Crippen LogP contribution in [0.2, 0.25) is 0 Å². The first-order valence-corrected chi connectivity index (χ1v) is 19.5. The summed E-state index contributed by atoms with van der Waals surface area (Å²) in [5, 5.41) is 22.1. The number of carbonyl (C=O) groups is 1. The number of esters is 1. The van der Waals surface area contributed by atoms with Gasteiger partial charge in [-0.05, 0) is 102 Å². The van der Waals surface area contributed by atoms with Crippen molar-refractivity contribution < 1.29 is 29.5 Å². The number of aryl methyl sites for hydroxylation is 2. The molecule has 52 heavy (non-hydrogen) atoms. The Kier molecular flexibility index (Phi) is 13.5. The van der Waals surface area contributed by atoms with Crippen LogP contribution >= 0.6 is 0 Å². The number of hydrogen-bond donors (Lipinski definition) is 2. The van der Waals surface area contributed by atoms with Crippen molar-refractivity contribution in [3.05, 3.63) is 57.6 Å².